The fourth-order valence-electron chi connectivity index (χ4n) is 2.52. The molecule has 0 atom stereocenters. The highest BCUT2D eigenvalue weighted by Crippen LogP contribution is 2.23. The Morgan fingerprint density at radius 3 is 2.31 bits per heavy atom. The monoisotopic (exact) mass is 375 g/mol. The summed E-state index contributed by atoms with van der Waals surface area (Å²) in [6.45, 7) is 1.41. The summed E-state index contributed by atoms with van der Waals surface area (Å²) in [6.07, 6.45) is 1.61. The smallest absolute Gasteiger partial charge is 0.245 e. The van der Waals surface area contributed by atoms with E-state index in [0.29, 0.717) is 12.1 Å². The normalized spacial score (nSPS) is 11.0. The van der Waals surface area contributed by atoms with Gasteiger partial charge in [0.15, 0.2) is 0 Å². The van der Waals surface area contributed by atoms with Gasteiger partial charge in [-0.3, -0.25) is 9.10 Å². The number of rotatable bonds is 7. The SMILES string of the molecule is CCc1ccccc1N(CC(=O)Nc1ccccc1C(=O)[O-])S(C)(=O)=O. The van der Waals surface area contributed by atoms with E-state index >= 15 is 0 Å². The molecule has 0 radical (unpaired) electrons. The Balaban J connectivity index is 2.30. The molecule has 0 aliphatic rings. The number of para-hydroxylation sites is 2. The van der Waals surface area contributed by atoms with Crippen LogP contribution < -0.4 is 14.7 Å². The second-order valence-corrected chi connectivity index (χ2v) is 7.54. The zero-order chi connectivity index (χ0) is 19.3. The topological polar surface area (TPSA) is 107 Å². The van der Waals surface area contributed by atoms with Crippen molar-refractivity contribution >= 4 is 33.3 Å². The Morgan fingerprint density at radius 1 is 1.08 bits per heavy atom. The maximum absolute atomic E-state index is 12.4. The van der Waals surface area contributed by atoms with E-state index in [1.54, 1.807) is 30.3 Å². The van der Waals surface area contributed by atoms with Crippen molar-refractivity contribution in [3.63, 3.8) is 0 Å². The zero-order valence-electron chi connectivity index (χ0n) is 14.4. The molecule has 0 saturated heterocycles. The van der Waals surface area contributed by atoms with E-state index in [9.17, 15) is 23.1 Å². The second-order valence-electron chi connectivity index (χ2n) is 5.63. The van der Waals surface area contributed by atoms with Gasteiger partial charge < -0.3 is 15.2 Å². The molecule has 2 aromatic rings. The number of carbonyl (C=O) groups is 2. The van der Waals surface area contributed by atoms with Crippen LogP contribution in [-0.4, -0.2) is 33.1 Å². The molecule has 2 aromatic carbocycles. The van der Waals surface area contributed by atoms with Crippen molar-refractivity contribution < 1.29 is 23.1 Å². The third-order valence-electron chi connectivity index (χ3n) is 3.75. The lowest BCUT2D eigenvalue weighted by Crippen LogP contribution is -2.38. The number of aryl methyl sites for hydroxylation is 1. The van der Waals surface area contributed by atoms with Crippen molar-refractivity contribution in [1.29, 1.82) is 0 Å². The minimum Gasteiger partial charge on any atom is -0.545 e. The number of carbonyl (C=O) groups excluding carboxylic acids is 2. The number of amides is 1. The summed E-state index contributed by atoms with van der Waals surface area (Å²) in [5.41, 5.74) is 1.07. The zero-order valence-corrected chi connectivity index (χ0v) is 15.2. The first kappa shape index (κ1) is 19.5. The maximum atomic E-state index is 12.4. The molecule has 0 fully saturated rings. The average Bonchev–Trinajstić information content (AvgIpc) is 2.59. The summed E-state index contributed by atoms with van der Waals surface area (Å²) in [7, 11) is -3.72. The van der Waals surface area contributed by atoms with Crippen LogP contribution in [0.1, 0.15) is 22.8 Å². The van der Waals surface area contributed by atoms with Gasteiger partial charge in [-0.1, -0.05) is 43.3 Å². The van der Waals surface area contributed by atoms with Gasteiger partial charge in [0.05, 0.1) is 17.9 Å². The van der Waals surface area contributed by atoms with Crippen molar-refractivity contribution in [2.45, 2.75) is 13.3 Å². The summed E-state index contributed by atoms with van der Waals surface area (Å²) in [4.78, 5) is 23.5. The summed E-state index contributed by atoms with van der Waals surface area (Å²) in [5, 5.41) is 13.6. The second kappa shape index (κ2) is 8.01. The largest absolute Gasteiger partial charge is 0.545 e. The summed E-state index contributed by atoms with van der Waals surface area (Å²) in [6, 6.07) is 12.7. The fourth-order valence-corrected chi connectivity index (χ4v) is 3.41. The summed E-state index contributed by atoms with van der Waals surface area (Å²) >= 11 is 0. The van der Waals surface area contributed by atoms with Gasteiger partial charge in [-0.25, -0.2) is 8.42 Å². The third-order valence-corrected chi connectivity index (χ3v) is 4.88. The van der Waals surface area contributed by atoms with Crippen molar-refractivity contribution in [3.05, 3.63) is 59.7 Å². The first-order valence-corrected chi connectivity index (χ1v) is 9.74. The van der Waals surface area contributed by atoms with Crippen molar-refractivity contribution in [2.75, 3.05) is 22.4 Å². The van der Waals surface area contributed by atoms with Crippen molar-refractivity contribution in [2.24, 2.45) is 0 Å². The number of hydrogen-bond acceptors (Lipinski definition) is 5. The minimum absolute atomic E-state index is 0.0507. The summed E-state index contributed by atoms with van der Waals surface area (Å²) < 4.78 is 25.4. The Bertz CT molecular complexity index is 925. The first-order valence-electron chi connectivity index (χ1n) is 7.90. The molecule has 138 valence electrons. The molecule has 8 heteroatoms. The van der Waals surface area contributed by atoms with Crippen molar-refractivity contribution in [1.82, 2.24) is 0 Å². The molecule has 0 spiro atoms. The minimum atomic E-state index is -3.72. The molecule has 1 amide bonds. The van der Waals surface area contributed by atoms with E-state index in [-0.39, 0.29) is 11.3 Å². The number of hydrogen-bond donors (Lipinski definition) is 1. The van der Waals surface area contributed by atoms with E-state index in [4.69, 9.17) is 0 Å². The molecule has 2 rings (SSSR count). The average molecular weight is 375 g/mol. The molecular formula is C18H19N2O5S-. The fraction of sp³-hybridized carbons (Fsp3) is 0.222. The van der Waals surface area contributed by atoms with E-state index in [1.807, 2.05) is 6.92 Å². The van der Waals surface area contributed by atoms with Gasteiger partial charge >= 0.3 is 0 Å². The van der Waals surface area contributed by atoms with E-state index in [1.165, 1.54) is 18.2 Å². The van der Waals surface area contributed by atoms with Crippen LogP contribution in [-0.2, 0) is 21.2 Å². The predicted octanol–water partition coefficient (Wildman–Crippen LogP) is 1.02. The van der Waals surface area contributed by atoms with Gasteiger partial charge in [0.2, 0.25) is 15.9 Å². The van der Waals surface area contributed by atoms with Crippen LogP contribution in [0.2, 0.25) is 0 Å². The van der Waals surface area contributed by atoms with E-state index in [0.717, 1.165) is 16.1 Å². The van der Waals surface area contributed by atoms with E-state index in [2.05, 4.69) is 5.32 Å². The summed E-state index contributed by atoms with van der Waals surface area (Å²) in [5.74, 6) is -2.09. The van der Waals surface area contributed by atoms with Gasteiger partial charge in [0.1, 0.15) is 6.54 Å². The first-order chi connectivity index (χ1) is 12.2. The molecule has 7 nitrogen and oxygen atoms in total. The molecule has 26 heavy (non-hydrogen) atoms. The number of aromatic carboxylic acids is 1. The number of anilines is 2. The molecule has 0 bridgehead atoms. The predicted molar refractivity (Wildman–Crippen MR) is 97.4 cm³/mol. The van der Waals surface area contributed by atoms with Crippen LogP contribution in [0.15, 0.2) is 48.5 Å². The Morgan fingerprint density at radius 2 is 1.69 bits per heavy atom. The Kier molecular flexibility index (Phi) is 5.99. The molecule has 0 aliphatic heterocycles. The molecule has 0 aliphatic carbocycles. The molecule has 0 unspecified atom stereocenters. The number of benzene rings is 2. The van der Waals surface area contributed by atoms with Crippen molar-refractivity contribution in [3.8, 4) is 0 Å². The number of nitrogens with one attached hydrogen (secondary N) is 1. The van der Waals surface area contributed by atoms with Gasteiger partial charge in [0, 0.05) is 11.3 Å². The molecule has 0 aromatic heterocycles. The number of sulfonamides is 1. The van der Waals surface area contributed by atoms with Gasteiger partial charge in [-0.15, -0.1) is 0 Å². The van der Waals surface area contributed by atoms with Gasteiger partial charge in [0.25, 0.3) is 0 Å². The molecule has 0 saturated carbocycles. The van der Waals surface area contributed by atoms with Crippen LogP contribution in [0.3, 0.4) is 0 Å². The highest BCUT2D eigenvalue weighted by Gasteiger charge is 2.23. The molecular weight excluding hydrogens is 356 g/mol. The number of carboxylic acid groups (broad SMARTS) is 1. The number of nitrogens with zero attached hydrogens (tertiary/aromatic N) is 1. The van der Waals surface area contributed by atoms with Crippen LogP contribution in [0.4, 0.5) is 11.4 Å². The lowest BCUT2D eigenvalue weighted by molar-refractivity contribution is -0.254. The quantitative estimate of drug-likeness (QED) is 0.777. The standard InChI is InChI=1S/C18H20N2O5S/c1-3-13-8-4-7-11-16(13)20(26(2,24)25)12-17(21)19-15-10-6-5-9-14(15)18(22)23/h4-11H,3,12H2,1-2H3,(H,19,21)(H,22,23)/p-1. The van der Waals surface area contributed by atoms with Crippen LogP contribution in [0.5, 0.6) is 0 Å². The van der Waals surface area contributed by atoms with Crippen LogP contribution in [0, 0.1) is 0 Å². The highest BCUT2D eigenvalue weighted by atomic mass is 32.2. The maximum Gasteiger partial charge on any atom is 0.245 e. The van der Waals surface area contributed by atoms with Crippen LogP contribution >= 0.6 is 0 Å². The number of carboxylic acids is 1. The third kappa shape index (κ3) is 4.60. The lowest BCUT2D eigenvalue weighted by Gasteiger charge is -2.24. The Labute approximate surface area is 152 Å². The van der Waals surface area contributed by atoms with Gasteiger partial charge in [-0.2, -0.15) is 0 Å². The lowest BCUT2D eigenvalue weighted by atomic mass is 10.1. The van der Waals surface area contributed by atoms with Crippen LogP contribution in [0.25, 0.3) is 0 Å². The van der Waals surface area contributed by atoms with E-state index < -0.39 is 28.4 Å². The molecule has 0 heterocycles. The Hall–Kier alpha value is -2.87. The highest BCUT2D eigenvalue weighted by molar-refractivity contribution is 7.92. The molecule has 1 N–H and O–H groups in total. The van der Waals surface area contributed by atoms with Gasteiger partial charge in [-0.05, 0) is 24.1 Å².